The zero-order valence-corrected chi connectivity index (χ0v) is 30.7. The summed E-state index contributed by atoms with van der Waals surface area (Å²) in [5, 5.41) is 9.54. The second-order valence-corrected chi connectivity index (χ2v) is 12.3. The molecule has 0 radical (unpaired) electrons. The smallest absolute Gasteiger partial charge is 0.306 e. The van der Waals surface area contributed by atoms with Crippen LogP contribution in [0, 0.1) is 0 Å². The van der Waals surface area contributed by atoms with Crippen LogP contribution >= 0.6 is 0 Å². The lowest BCUT2D eigenvalue weighted by Gasteiger charge is -2.15. The van der Waals surface area contributed by atoms with Crippen molar-refractivity contribution in [1.29, 1.82) is 0 Å². The van der Waals surface area contributed by atoms with Gasteiger partial charge in [0, 0.05) is 12.8 Å². The molecule has 0 fully saturated rings. The van der Waals surface area contributed by atoms with Gasteiger partial charge in [-0.15, -0.1) is 0 Å². The Morgan fingerprint density at radius 1 is 0.500 bits per heavy atom. The normalized spacial score (nSPS) is 13.1. The van der Waals surface area contributed by atoms with Crippen molar-refractivity contribution in [1.82, 2.24) is 0 Å². The zero-order chi connectivity index (χ0) is 35.0. The first kappa shape index (κ1) is 45.1. The molecule has 0 aromatic rings. The lowest BCUT2D eigenvalue weighted by atomic mass is 10.1. The molecule has 0 aromatic heterocycles. The molecule has 0 aliphatic rings. The number of rotatable bonds is 33. The largest absolute Gasteiger partial charge is 0.462 e. The molecule has 0 saturated carbocycles. The quantitative estimate of drug-likeness (QED) is 0.0429. The average Bonchev–Trinajstić information content (AvgIpc) is 3.09. The molecule has 0 saturated heterocycles. The second kappa shape index (κ2) is 38.5. The van der Waals surface area contributed by atoms with E-state index in [1.165, 1.54) is 32.1 Å². The van der Waals surface area contributed by atoms with Crippen LogP contribution in [0.25, 0.3) is 0 Å². The lowest BCUT2D eigenvalue weighted by molar-refractivity contribution is -0.161. The van der Waals surface area contributed by atoms with Gasteiger partial charge in [0.15, 0.2) is 6.10 Å². The first-order valence-electron chi connectivity index (χ1n) is 19.1. The van der Waals surface area contributed by atoms with E-state index in [9.17, 15) is 14.7 Å². The summed E-state index contributed by atoms with van der Waals surface area (Å²) < 4.78 is 10.6. The molecule has 0 aromatic carbocycles. The molecule has 272 valence electrons. The Morgan fingerprint density at radius 3 is 1.38 bits per heavy atom. The van der Waals surface area contributed by atoms with E-state index in [0.717, 1.165) is 96.3 Å². The van der Waals surface area contributed by atoms with Crippen LogP contribution in [0.2, 0.25) is 0 Å². The number of ether oxygens (including phenoxy) is 2. The number of hydrogen-bond donors (Lipinski definition) is 1. The van der Waals surface area contributed by atoms with E-state index in [1.807, 2.05) is 0 Å². The van der Waals surface area contributed by atoms with Crippen molar-refractivity contribution < 1.29 is 24.2 Å². The van der Waals surface area contributed by atoms with Crippen LogP contribution in [-0.4, -0.2) is 36.4 Å². The Hall–Kier alpha value is -2.92. The van der Waals surface area contributed by atoms with E-state index in [2.05, 4.69) is 98.9 Å². The monoisotopic (exact) mass is 667 g/mol. The number of aliphatic hydroxyl groups is 1. The maximum Gasteiger partial charge on any atom is 0.306 e. The molecular weight excluding hydrogens is 596 g/mol. The molecule has 5 heteroatoms. The van der Waals surface area contributed by atoms with E-state index in [1.54, 1.807) is 0 Å². The summed E-state index contributed by atoms with van der Waals surface area (Å²) >= 11 is 0. The summed E-state index contributed by atoms with van der Waals surface area (Å²) in [6.07, 6.45) is 52.1. The SMILES string of the molecule is CC/C=C\C/C=C\C/C=C\C/C=C\C/C=C\CCCCCC(=O)OC[C@H](CO)OC(=O)CCCCCCC/C=C\C/C=C\CCCCC. The fourth-order valence-electron chi connectivity index (χ4n) is 4.78. The molecule has 0 amide bonds. The molecule has 0 spiro atoms. The van der Waals surface area contributed by atoms with Gasteiger partial charge in [0.05, 0.1) is 6.61 Å². The maximum atomic E-state index is 12.1. The lowest BCUT2D eigenvalue weighted by Crippen LogP contribution is -2.28. The van der Waals surface area contributed by atoms with Gasteiger partial charge in [-0.2, -0.15) is 0 Å². The summed E-state index contributed by atoms with van der Waals surface area (Å²) in [5.74, 6) is -0.654. The predicted molar refractivity (Wildman–Crippen MR) is 205 cm³/mol. The maximum absolute atomic E-state index is 12.1. The van der Waals surface area contributed by atoms with Crippen LogP contribution in [0.15, 0.2) is 85.1 Å². The van der Waals surface area contributed by atoms with Crippen LogP contribution < -0.4 is 0 Å². The Balaban J connectivity index is 3.70. The highest BCUT2D eigenvalue weighted by Crippen LogP contribution is 2.10. The Bertz CT molecular complexity index is 937. The molecular formula is C43H70O5. The second-order valence-electron chi connectivity index (χ2n) is 12.3. The van der Waals surface area contributed by atoms with Crippen LogP contribution in [0.3, 0.4) is 0 Å². The molecule has 0 aliphatic heterocycles. The highest BCUT2D eigenvalue weighted by Gasteiger charge is 2.16. The van der Waals surface area contributed by atoms with Gasteiger partial charge in [0.2, 0.25) is 0 Å². The molecule has 5 nitrogen and oxygen atoms in total. The summed E-state index contributed by atoms with van der Waals surface area (Å²) in [5.41, 5.74) is 0. The molecule has 0 rings (SSSR count). The van der Waals surface area contributed by atoms with Gasteiger partial charge < -0.3 is 14.6 Å². The first-order valence-corrected chi connectivity index (χ1v) is 19.1. The van der Waals surface area contributed by atoms with Crippen LogP contribution in [-0.2, 0) is 19.1 Å². The summed E-state index contributed by atoms with van der Waals surface area (Å²) in [4.78, 5) is 24.2. The molecule has 1 N–H and O–H groups in total. The first-order chi connectivity index (χ1) is 23.6. The fourth-order valence-corrected chi connectivity index (χ4v) is 4.78. The van der Waals surface area contributed by atoms with Crippen molar-refractivity contribution in [3.8, 4) is 0 Å². The van der Waals surface area contributed by atoms with Crippen LogP contribution in [0.1, 0.15) is 155 Å². The van der Waals surface area contributed by atoms with Crippen molar-refractivity contribution in [2.45, 2.75) is 161 Å². The molecule has 0 bridgehead atoms. The molecule has 0 unspecified atom stereocenters. The standard InChI is InChI=1S/C43H70O5/c1-3-5-7-9-11-13-15-17-19-20-21-22-24-25-27-29-31-33-35-37-42(45)47-40-41(39-44)48-43(46)38-36-34-32-30-28-26-23-18-16-14-12-10-8-6-4-2/h5,7,11-14,17-19,21-23,25,27,41,44H,3-4,6,8-10,15-16,20,24,26,28-40H2,1-2H3/b7-5-,13-11-,14-12-,19-17-,22-21-,23-18-,27-25-/t41-/m0/s1. The van der Waals surface area contributed by atoms with Gasteiger partial charge in [-0.3, -0.25) is 9.59 Å². The number of esters is 2. The van der Waals surface area contributed by atoms with E-state index in [4.69, 9.17) is 9.47 Å². The van der Waals surface area contributed by atoms with Gasteiger partial charge in [0.1, 0.15) is 6.61 Å². The highest BCUT2D eigenvalue weighted by molar-refractivity contribution is 5.70. The van der Waals surface area contributed by atoms with Crippen molar-refractivity contribution in [3.63, 3.8) is 0 Å². The zero-order valence-electron chi connectivity index (χ0n) is 30.7. The minimum atomic E-state index is -0.797. The Labute approximate surface area is 295 Å². The third kappa shape index (κ3) is 35.9. The van der Waals surface area contributed by atoms with Crippen LogP contribution in [0.4, 0.5) is 0 Å². The predicted octanol–water partition coefficient (Wildman–Crippen LogP) is 11.9. The number of unbranched alkanes of at least 4 members (excludes halogenated alkanes) is 11. The topological polar surface area (TPSA) is 72.8 Å². The van der Waals surface area contributed by atoms with Gasteiger partial charge in [-0.05, 0) is 89.9 Å². The van der Waals surface area contributed by atoms with Crippen molar-refractivity contribution in [2.75, 3.05) is 13.2 Å². The van der Waals surface area contributed by atoms with E-state index in [-0.39, 0.29) is 25.2 Å². The molecule has 0 aliphatic carbocycles. The number of carbonyl (C=O) groups is 2. The molecule has 1 atom stereocenters. The molecule has 0 heterocycles. The van der Waals surface area contributed by atoms with Crippen LogP contribution in [0.5, 0.6) is 0 Å². The summed E-state index contributed by atoms with van der Waals surface area (Å²) in [7, 11) is 0. The number of allylic oxidation sites excluding steroid dienone is 14. The van der Waals surface area contributed by atoms with Gasteiger partial charge in [-0.25, -0.2) is 0 Å². The summed E-state index contributed by atoms with van der Waals surface area (Å²) in [6, 6.07) is 0. The minimum absolute atomic E-state index is 0.0940. The number of hydrogen-bond acceptors (Lipinski definition) is 5. The van der Waals surface area contributed by atoms with E-state index >= 15 is 0 Å². The van der Waals surface area contributed by atoms with E-state index < -0.39 is 6.10 Å². The summed E-state index contributed by atoms with van der Waals surface area (Å²) in [6.45, 7) is 3.93. The van der Waals surface area contributed by atoms with Gasteiger partial charge in [0.25, 0.3) is 0 Å². The third-order valence-corrected chi connectivity index (χ3v) is 7.67. The van der Waals surface area contributed by atoms with Gasteiger partial charge >= 0.3 is 11.9 Å². The number of aliphatic hydroxyl groups excluding tert-OH is 1. The Kier molecular flexibility index (Phi) is 36.2. The minimum Gasteiger partial charge on any atom is -0.462 e. The van der Waals surface area contributed by atoms with Crippen molar-refractivity contribution in [2.24, 2.45) is 0 Å². The highest BCUT2D eigenvalue weighted by atomic mass is 16.6. The Morgan fingerprint density at radius 2 is 0.896 bits per heavy atom. The average molecular weight is 667 g/mol. The number of carbonyl (C=O) groups excluding carboxylic acids is 2. The van der Waals surface area contributed by atoms with Gasteiger partial charge in [-0.1, -0.05) is 137 Å². The fraction of sp³-hybridized carbons (Fsp3) is 0.628. The third-order valence-electron chi connectivity index (χ3n) is 7.67. The van der Waals surface area contributed by atoms with Crippen molar-refractivity contribution in [3.05, 3.63) is 85.1 Å². The van der Waals surface area contributed by atoms with Crippen molar-refractivity contribution >= 4 is 11.9 Å². The van der Waals surface area contributed by atoms with E-state index in [0.29, 0.717) is 12.8 Å². The molecule has 48 heavy (non-hydrogen) atoms.